The lowest BCUT2D eigenvalue weighted by Crippen LogP contribution is -2.47. The topological polar surface area (TPSA) is 67.7 Å². The molecule has 4 rings (SSSR count). The first-order valence-corrected chi connectivity index (χ1v) is 11.1. The van der Waals surface area contributed by atoms with Crippen LogP contribution in [-0.2, 0) is 16.1 Å². The summed E-state index contributed by atoms with van der Waals surface area (Å²) >= 11 is 0. The number of hydrogen-bond donors (Lipinski definition) is 0. The second-order valence-corrected chi connectivity index (χ2v) is 9.74. The number of benzene rings is 1. The quantitative estimate of drug-likeness (QED) is 0.707. The summed E-state index contributed by atoms with van der Waals surface area (Å²) in [5.74, 6) is 0.487. The fourth-order valence-corrected chi connectivity index (χ4v) is 4.49. The van der Waals surface area contributed by atoms with Crippen molar-refractivity contribution in [2.45, 2.75) is 51.8 Å². The van der Waals surface area contributed by atoms with Crippen LogP contribution in [0.5, 0.6) is 0 Å². The van der Waals surface area contributed by atoms with Crippen LogP contribution in [0.4, 0.5) is 4.79 Å². The first-order valence-electron chi connectivity index (χ1n) is 11.1. The molecule has 3 heterocycles. The van der Waals surface area contributed by atoms with Crippen LogP contribution in [0, 0.1) is 5.92 Å². The Hall–Kier alpha value is -2.77. The second-order valence-electron chi connectivity index (χ2n) is 9.74. The number of amides is 2. The van der Waals surface area contributed by atoms with Gasteiger partial charge in [0.15, 0.2) is 0 Å². The summed E-state index contributed by atoms with van der Waals surface area (Å²) in [6.45, 7) is 8.27. The summed E-state index contributed by atoms with van der Waals surface area (Å²) in [4.78, 5) is 33.9. The van der Waals surface area contributed by atoms with Crippen LogP contribution in [0.3, 0.4) is 0 Å². The monoisotopic (exact) mass is 422 g/mol. The normalized spacial score (nSPS) is 20.0. The van der Waals surface area contributed by atoms with E-state index in [0.717, 1.165) is 29.6 Å². The molecule has 0 N–H and O–H groups in total. The van der Waals surface area contributed by atoms with Gasteiger partial charge < -0.3 is 19.1 Å². The number of piperidine rings is 1. The van der Waals surface area contributed by atoms with Crippen LogP contribution in [-0.4, -0.2) is 64.4 Å². The predicted molar refractivity (Wildman–Crippen MR) is 121 cm³/mol. The van der Waals surface area contributed by atoms with E-state index in [1.165, 1.54) is 0 Å². The Morgan fingerprint density at radius 1 is 1.26 bits per heavy atom. The van der Waals surface area contributed by atoms with E-state index < -0.39 is 5.60 Å². The Balaban J connectivity index is 1.43. The van der Waals surface area contributed by atoms with Crippen LogP contribution < -0.4 is 5.46 Å². The van der Waals surface area contributed by atoms with E-state index >= 15 is 0 Å². The van der Waals surface area contributed by atoms with Gasteiger partial charge in [-0.1, -0.05) is 29.7 Å². The Bertz CT molecular complexity index is 960. The largest absolute Gasteiger partial charge is 0.444 e. The maximum absolute atomic E-state index is 13.5. The molecule has 2 aromatic rings. The Morgan fingerprint density at radius 2 is 2.00 bits per heavy atom. The molecule has 2 aliphatic rings. The minimum atomic E-state index is -0.484. The lowest BCUT2D eigenvalue weighted by Gasteiger charge is -2.39. The summed E-state index contributed by atoms with van der Waals surface area (Å²) in [5.41, 5.74) is 2.70. The molecule has 164 valence electrons. The molecule has 31 heavy (non-hydrogen) atoms. The number of imidazole rings is 1. The second kappa shape index (κ2) is 8.40. The molecule has 1 fully saturated rings. The van der Waals surface area contributed by atoms with Gasteiger partial charge in [-0.2, -0.15) is 0 Å². The van der Waals surface area contributed by atoms with E-state index in [-0.39, 0.29) is 18.0 Å². The number of likely N-dealkylation sites (tertiary alicyclic amines) is 1. The van der Waals surface area contributed by atoms with E-state index in [0.29, 0.717) is 32.1 Å². The molecule has 1 aromatic carbocycles. The Labute approximate surface area is 184 Å². The van der Waals surface area contributed by atoms with Crippen molar-refractivity contribution in [2.75, 3.05) is 19.6 Å². The number of rotatable bonds is 3. The van der Waals surface area contributed by atoms with Gasteiger partial charge in [0.1, 0.15) is 19.5 Å². The summed E-state index contributed by atoms with van der Waals surface area (Å²) in [5, 5.41) is 0. The molecule has 1 saturated heterocycles. The number of nitrogens with zero attached hydrogens (tertiary/aromatic N) is 4. The highest BCUT2D eigenvalue weighted by atomic mass is 16.6. The van der Waals surface area contributed by atoms with Crippen molar-refractivity contribution < 1.29 is 14.3 Å². The van der Waals surface area contributed by atoms with Gasteiger partial charge in [-0.05, 0) is 45.1 Å². The fraction of sp³-hybridized carbons (Fsp3) is 0.522. The van der Waals surface area contributed by atoms with Gasteiger partial charge in [-0.25, -0.2) is 9.78 Å². The summed E-state index contributed by atoms with van der Waals surface area (Å²) in [6.07, 6.45) is 5.11. The van der Waals surface area contributed by atoms with Crippen molar-refractivity contribution in [3.8, 4) is 0 Å². The van der Waals surface area contributed by atoms with Gasteiger partial charge in [0.25, 0.3) is 5.91 Å². The molecule has 0 bridgehead atoms. The first-order chi connectivity index (χ1) is 14.7. The number of aromatic nitrogens is 2. The zero-order chi connectivity index (χ0) is 22.2. The van der Waals surface area contributed by atoms with Crippen molar-refractivity contribution in [3.63, 3.8) is 0 Å². The first kappa shape index (κ1) is 21.5. The van der Waals surface area contributed by atoms with Crippen molar-refractivity contribution >= 4 is 25.3 Å². The van der Waals surface area contributed by atoms with E-state index in [2.05, 4.69) is 11.1 Å². The molecule has 8 heteroatoms. The average Bonchev–Trinajstić information content (AvgIpc) is 3.15. The standard InChI is InChI=1S/C23H31BN4O3/c1-23(2,3)31-22(30)26-9-7-16(8-10-26)13-27-14-19-12-25-15-28(19)20(21(27)29)17-5-4-6-18(24)11-17/h4-6,11-12,15-16,20H,7-10,13-14,24H2,1-3H3. The lowest BCUT2D eigenvalue weighted by molar-refractivity contribution is -0.137. The molecule has 0 saturated carbocycles. The third-order valence-corrected chi connectivity index (χ3v) is 6.03. The summed E-state index contributed by atoms with van der Waals surface area (Å²) < 4.78 is 7.49. The van der Waals surface area contributed by atoms with Gasteiger partial charge in [-0.3, -0.25) is 4.79 Å². The molecule has 0 aliphatic carbocycles. The highest BCUT2D eigenvalue weighted by molar-refractivity contribution is 6.32. The van der Waals surface area contributed by atoms with Gasteiger partial charge >= 0.3 is 6.09 Å². The van der Waals surface area contributed by atoms with Crippen LogP contribution >= 0.6 is 0 Å². The number of fused-ring (bicyclic) bond motifs is 1. The van der Waals surface area contributed by atoms with Crippen LogP contribution in [0.2, 0.25) is 0 Å². The number of ether oxygens (including phenoxy) is 1. The van der Waals surface area contributed by atoms with Crippen molar-refractivity contribution in [3.05, 3.63) is 48.0 Å². The smallest absolute Gasteiger partial charge is 0.410 e. The SMILES string of the molecule is Bc1cccc(C2C(=O)N(CC3CCN(C(=O)OC(C)(C)C)CC3)Cc3cncn32)c1. The Morgan fingerprint density at radius 3 is 2.68 bits per heavy atom. The van der Waals surface area contributed by atoms with Gasteiger partial charge in [0.2, 0.25) is 0 Å². The van der Waals surface area contributed by atoms with Gasteiger partial charge in [0, 0.05) is 25.8 Å². The number of hydrogen-bond acceptors (Lipinski definition) is 4. The van der Waals surface area contributed by atoms with Crippen molar-refractivity contribution in [1.29, 1.82) is 0 Å². The molecule has 0 spiro atoms. The predicted octanol–water partition coefficient (Wildman–Crippen LogP) is 1.72. The van der Waals surface area contributed by atoms with Crippen molar-refractivity contribution in [2.24, 2.45) is 5.92 Å². The van der Waals surface area contributed by atoms with E-state index in [4.69, 9.17) is 4.74 Å². The highest BCUT2D eigenvalue weighted by Gasteiger charge is 2.36. The minimum absolute atomic E-state index is 0.116. The maximum Gasteiger partial charge on any atom is 0.410 e. The molecule has 0 radical (unpaired) electrons. The fourth-order valence-electron chi connectivity index (χ4n) is 4.49. The zero-order valence-electron chi connectivity index (χ0n) is 18.9. The molecule has 7 nitrogen and oxygen atoms in total. The van der Waals surface area contributed by atoms with Crippen LogP contribution in [0.15, 0.2) is 36.8 Å². The minimum Gasteiger partial charge on any atom is -0.444 e. The van der Waals surface area contributed by atoms with E-state index in [1.54, 1.807) is 11.2 Å². The third-order valence-electron chi connectivity index (χ3n) is 6.03. The zero-order valence-corrected chi connectivity index (χ0v) is 18.9. The summed E-state index contributed by atoms with van der Waals surface area (Å²) in [6, 6.07) is 7.77. The van der Waals surface area contributed by atoms with E-state index in [1.807, 2.05) is 62.5 Å². The molecule has 2 amide bonds. The highest BCUT2D eigenvalue weighted by Crippen LogP contribution is 2.30. The number of carbonyl (C=O) groups excluding carboxylic acids is 2. The molecule has 1 atom stereocenters. The molecule has 1 unspecified atom stereocenters. The Kier molecular flexibility index (Phi) is 5.82. The van der Waals surface area contributed by atoms with Crippen LogP contribution in [0.25, 0.3) is 0 Å². The molecule has 1 aromatic heterocycles. The van der Waals surface area contributed by atoms with Gasteiger partial charge in [-0.15, -0.1) is 0 Å². The molecular weight excluding hydrogens is 391 g/mol. The lowest BCUT2D eigenvalue weighted by atomic mass is 9.91. The summed E-state index contributed by atoms with van der Waals surface area (Å²) in [7, 11) is 2.04. The van der Waals surface area contributed by atoms with Crippen LogP contribution in [0.1, 0.15) is 50.9 Å². The molecular formula is C23H31BN4O3. The van der Waals surface area contributed by atoms with E-state index in [9.17, 15) is 9.59 Å². The number of carbonyl (C=O) groups is 2. The molecule has 2 aliphatic heterocycles. The third kappa shape index (κ3) is 4.78. The maximum atomic E-state index is 13.5. The van der Waals surface area contributed by atoms with Gasteiger partial charge in [0.05, 0.1) is 18.6 Å². The van der Waals surface area contributed by atoms with Crippen molar-refractivity contribution in [1.82, 2.24) is 19.4 Å². The average molecular weight is 422 g/mol.